The largest absolute Gasteiger partial charge is 0.465 e. The van der Waals surface area contributed by atoms with Crippen LogP contribution in [0.25, 0.3) is 0 Å². The standard InChI is InChI=1S/C26H34N2O6S/c1-16(2)14-20(24(31)27-18-11-9-17(10-12-18)25(32)33-6)28-23(30)19(21-8-7-13-35-21)15-22(29)34-26(3,4)5/h7-13,16,19-20H,14-15H2,1-6H3,(H,27,31)(H,28,30)/t19-,20-/m0/s1. The first kappa shape index (κ1) is 28.0. The predicted octanol–water partition coefficient (Wildman–Crippen LogP) is 4.52. The molecule has 8 nitrogen and oxygen atoms in total. The Morgan fingerprint density at radius 3 is 2.17 bits per heavy atom. The second-order valence-corrected chi connectivity index (χ2v) is 10.6. The number of benzene rings is 1. The van der Waals surface area contributed by atoms with E-state index in [-0.39, 0.29) is 18.2 Å². The molecule has 0 aliphatic carbocycles. The van der Waals surface area contributed by atoms with Crippen molar-refractivity contribution in [3.05, 3.63) is 52.2 Å². The van der Waals surface area contributed by atoms with E-state index >= 15 is 0 Å². The van der Waals surface area contributed by atoms with Crippen molar-refractivity contribution in [1.29, 1.82) is 0 Å². The van der Waals surface area contributed by atoms with Crippen molar-refractivity contribution in [2.45, 2.75) is 65.0 Å². The number of thiophene rings is 1. The fourth-order valence-electron chi connectivity index (χ4n) is 3.37. The van der Waals surface area contributed by atoms with Gasteiger partial charge in [0, 0.05) is 10.6 Å². The van der Waals surface area contributed by atoms with E-state index in [1.807, 2.05) is 25.3 Å². The second kappa shape index (κ2) is 12.5. The van der Waals surface area contributed by atoms with Gasteiger partial charge in [-0.05, 0) is 68.8 Å². The molecule has 0 unspecified atom stereocenters. The summed E-state index contributed by atoms with van der Waals surface area (Å²) in [7, 11) is 1.30. The monoisotopic (exact) mass is 502 g/mol. The van der Waals surface area contributed by atoms with E-state index in [9.17, 15) is 19.2 Å². The molecule has 0 bridgehead atoms. The minimum absolute atomic E-state index is 0.124. The Labute approximate surface area is 210 Å². The molecule has 1 heterocycles. The van der Waals surface area contributed by atoms with Gasteiger partial charge in [0.05, 0.1) is 25.0 Å². The van der Waals surface area contributed by atoms with Crippen LogP contribution in [0.1, 0.15) is 68.6 Å². The van der Waals surface area contributed by atoms with Gasteiger partial charge in [0.2, 0.25) is 11.8 Å². The topological polar surface area (TPSA) is 111 Å². The summed E-state index contributed by atoms with van der Waals surface area (Å²) in [5.41, 5.74) is 0.171. The Morgan fingerprint density at radius 1 is 1.00 bits per heavy atom. The second-order valence-electron chi connectivity index (χ2n) is 9.61. The van der Waals surface area contributed by atoms with Crippen molar-refractivity contribution in [3.8, 4) is 0 Å². The lowest BCUT2D eigenvalue weighted by atomic mass is 9.99. The molecule has 0 aliphatic rings. The van der Waals surface area contributed by atoms with E-state index in [0.29, 0.717) is 17.7 Å². The lowest BCUT2D eigenvalue weighted by molar-refractivity contribution is -0.156. The van der Waals surface area contributed by atoms with Gasteiger partial charge in [-0.25, -0.2) is 4.79 Å². The number of rotatable bonds is 10. The first-order valence-electron chi connectivity index (χ1n) is 11.4. The van der Waals surface area contributed by atoms with Gasteiger partial charge in [-0.15, -0.1) is 11.3 Å². The number of esters is 2. The van der Waals surface area contributed by atoms with Crippen molar-refractivity contribution in [2.75, 3.05) is 12.4 Å². The molecule has 0 spiro atoms. The molecule has 0 saturated heterocycles. The van der Waals surface area contributed by atoms with Crippen LogP contribution in [0.4, 0.5) is 5.69 Å². The molecule has 35 heavy (non-hydrogen) atoms. The maximum absolute atomic E-state index is 13.3. The normalized spacial score (nSPS) is 13.0. The van der Waals surface area contributed by atoms with Crippen LogP contribution in [0.3, 0.4) is 0 Å². The highest BCUT2D eigenvalue weighted by atomic mass is 32.1. The van der Waals surface area contributed by atoms with Crippen LogP contribution < -0.4 is 10.6 Å². The number of amides is 2. The van der Waals surface area contributed by atoms with E-state index < -0.39 is 35.4 Å². The summed E-state index contributed by atoms with van der Waals surface area (Å²) in [6.07, 6.45) is 0.274. The molecule has 0 radical (unpaired) electrons. The van der Waals surface area contributed by atoms with Crippen molar-refractivity contribution < 1.29 is 28.7 Å². The van der Waals surface area contributed by atoms with Crippen LogP contribution in [0, 0.1) is 5.92 Å². The summed E-state index contributed by atoms with van der Waals surface area (Å²) in [5, 5.41) is 7.46. The maximum Gasteiger partial charge on any atom is 0.337 e. The van der Waals surface area contributed by atoms with Crippen LogP contribution in [0.2, 0.25) is 0 Å². The molecule has 0 saturated carbocycles. The molecule has 0 fully saturated rings. The number of nitrogens with one attached hydrogen (secondary N) is 2. The Hall–Kier alpha value is -3.20. The maximum atomic E-state index is 13.3. The Bertz CT molecular complexity index is 1010. The third-order valence-corrected chi connectivity index (χ3v) is 5.89. The molecule has 1 aromatic carbocycles. The number of ether oxygens (including phenoxy) is 2. The Morgan fingerprint density at radius 2 is 1.66 bits per heavy atom. The van der Waals surface area contributed by atoms with Gasteiger partial charge in [-0.1, -0.05) is 19.9 Å². The van der Waals surface area contributed by atoms with Crippen LogP contribution in [-0.4, -0.2) is 42.5 Å². The van der Waals surface area contributed by atoms with Gasteiger partial charge in [-0.3, -0.25) is 14.4 Å². The van der Waals surface area contributed by atoms with Crippen LogP contribution >= 0.6 is 11.3 Å². The van der Waals surface area contributed by atoms with Gasteiger partial charge < -0.3 is 20.1 Å². The number of carbonyl (C=O) groups excluding carboxylic acids is 4. The van der Waals surface area contributed by atoms with Crippen molar-refractivity contribution in [1.82, 2.24) is 5.32 Å². The quantitative estimate of drug-likeness (QED) is 0.462. The molecular formula is C26H34N2O6S. The minimum atomic E-state index is -0.816. The number of anilines is 1. The molecule has 190 valence electrons. The summed E-state index contributed by atoms with van der Waals surface area (Å²) in [6, 6.07) is 9.07. The van der Waals surface area contributed by atoms with Gasteiger partial charge in [0.1, 0.15) is 11.6 Å². The zero-order valence-corrected chi connectivity index (χ0v) is 21.9. The molecule has 9 heteroatoms. The average molecular weight is 503 g/mol. The van der Waals surface area contributed by atoms with Gasteiger partial charge >= 0.3 is 11.9 Å². The third-order valence-electron chi connectivity index (χ3n) is 4.91. The van der Waals surface area contributed by atoms with Crippen molar-refractivity contribution in [2.24, 2.45) is 5.92 Å². The molecule has 0 aliphatic heterocycles. The highest BCUT2D eigenvalue weighted by molar-refractivity contribution is 7.10. The van der Waals surface area contributed by atoms with Crippen LogP contribution in [0.15, 0.2) is 41.8 Å². The zero-order valence-electron chi connectivity index (χ0n) is 21.0. The smallest absolute Gasteiger partial charge is 0.337 e. The molecule has 2 atom stereocenters. The fraction of sp³-hybridized carbons (Fsp3) is 0.462. The first-order valence-corrected chi connectivity index (χ1v) is 12.3. The number of methoxy groups -OCH3 is 1. The highest BCUT2D eigenvalue weighted by Crippen LogP contribution is 2.27. The fourth-order valence-corrected chi connectivity index (χ4v) is 4.20. The molecule has 2 rings (SSSR count). The lowest BCUT2D eigenvalue weighted by Crippen LogP contribution is -2.46. The molecule has 2 N–H and O–H groups in total. The van der Waals surface area contributed by atoms with E-state index in [1.165, 1.54) is 18.4 Å². The van der Waals surface area contributed by atoms with Gasteiger partial charge in [0.15, 0.2) is 0 Å². The first-order chi connectivity index (χ1) is 16.4. The summed E-state index contributed by atoms with van der Waals surface area (Å²) in [5.74, 6) is -2.41. The summed E-state index contributed by atoms with van der Waals surface area (Å²) in [4.78, 5) is 51.2. The predicted molar refractivity (Wildman–Crippen MR) is 135 cm³/mol. The van der Waals surface area contributed by atoms with Crippen LogP contribution in [0.5, 0.6) is 0 Å². The third kappa shape index (κ3) is 9.16. The minimum Gasteiger partial charge on any atom is -0.465 e. The summed E-state index contributed by atoms with van der Waals surface area (Å²) in [6.45, 7) is 9.22. The SMILES string of the molecule is COC(=O)c1ccc(NC(=O)[C@H](CC(C)C)NC(=O)[C@@H](CC(=O)OC(C)(C)C)c2cccs2)cc1. The number of hydrogen-bond acceptors (Lipinski definition) is 7. The number of hydrogen-bond donors (Lipinski definition) is 2. The van der Waals surface area contributed by atoms with Crippen LogP contribution in [-0.2, 0) is 23.9 Å². The molecule has 2 aromatic rings. The Balaban J connectivity index is 2.17. The molecular weight excluding hydrogens is 468 g/mol. The molecule has 1 aromatic heterocycles. The van der Waals surface area contributed by atoms with Gasteiger partial charge in [-0.2, -0.15) is 0 Å². The summed E-state index contributed by atoms with van der Waals surface area (Å²) >= 11 is 1.37. The van der Waals surface area contributed by atoms with E-state index in [0.717, 1.165) is 4.88 Å². The number of carbonyl (C=O) groups is 4. The highest BCUT2D eigenvalue weighted by Gasteiger charge is 2.31. The molecule has 2 amide bonds. The van der Waals surface area contributed by atoms with Gasteiger partial charge in [0.25, 0.3) is 0 Å². The van der Waals surface area contributed by atoms with E-state index in [4.69, 9.17) is 4.74 Å². The Kier molecular flexibility index (Phi) is 10.0. The summed E-state index contributed by atoms with van der Waals surface area (Å²) < 4.78 is 10.1. The zero-order chi connectivity index (χ0) is 26.2. The average Bonchev–Trinajstić information content (AvgIpc) is 3.30. The lowest BCUT2D eigenvalue weighted by Gasteiger charge is -2.24. The van der Waals surface area contributed by atoms with Crippen molar-refractivity contribution >= 4 is 40.8 Å². The van der Waals surface area contributed by atoms with E-state index in [1.54, 1.807) is 51.1 Å². The van der Waals surface area contributed by atoms with E-state index in [2.05, 4.69) is 15.4 Å². The van der Waals surface area contributed by atoms with Crippen molar-refractivity contribution in [3.63, 3.8) is 0 Å².